The lowest BCUT2D eigenvalue weighted by Crippen LogP contribution is -2.40. The number of morpholine rings is 1. The fraction of sp³-hybridized carbons (Fsp3) is 0.381. The molecule has 1 atom stereocenters. The van der Waals surface area contributed by atoms with E-state index in [1.807, 2.05) is 12.1 Å². The molecule has 1 aliphatic rings. The summed E-state index contributed by atoms with van der Waals surface area (Å²) in [6, 6.07) is 11.9. The zero-order valence-corrected chi connectivity index (χ0v) is 19.5. The molecular weight excluding hydrogens is 502 g/mol. The van der Waals surface area contributed by atoms with Gasteiger partial charge in [0, 0.05) is 24.8 Å². The van der Waals surface area contributed by atoms with Gasteiger partial charge in [0.15, 0.2) is 17.5 Å². The van der Waals surface area contributed by atoms with Crippen LogP contribution in [0.4, 0.5) is 10.1 Å². The van der Waals surface area contributed by atoms with Gasteiger partial charge in [-0.3, -0.25) is 9.89 Å². The second-order valence-corrected chi connectivity index (χ2v) is 6.64. The normalized spacial score (nSPS) is 15.8. The Balaban J connectivity index is 0.00000320. The molecule has 1 unspecified atom stereocenters. The summed E-state index contributed by atoms with van der Waals surface area (Å²) in [5.41, 5.74) is 7.71. The molecule has 9 heteroatoms. The van der Waals surface area contributed by atoms with Crippen LogP contribution in [-0.4, -0.2) is 57.9 Å². The van der Waals surface area contributed by atoms with Gasteiger partial charge in [0.25, 0.3) is 0 Å². The highest BCUT2D eigenvalue weighted by atomic mass is 127. The summed E-state index contributed by atoms with van der Waals surface area (Å²) in [4.78, 5) is 6.75. The van der Waals surface area contributed by atoms with E-state index in [2.05, 4.69) is 15.2 Å². The minimum Gasteiger partial charge on any atom is -0.493 e. The van der Waals surface area contributed by atoms with E-state index < -0.39 is 0 Å². The van der Waals surface area contributed by atoms with E-state index in [0.717, 1.165) is 24.3 Å². The molecule has 1 saturated heterocycles. The number of aliphatic imine (C=N–C) groups is 1. The van der Waals surface area contributed by atoms with Crippen molar-refractivity contribution >= 4 is 35.6 Å². The Morgan fingerprint density at radius 1 is 1.17 bits per heavy atom. The standard InChI is InChI=1S/C21H27FN4O3.HI/c1-27-19-7-6-17(13-20(19)28-2)25-21(23)24-14-18(26-8-10-29-11-9-26)15-4-3-5-16(22)12-15;/h3-7,12-13,18H,8-11,14H2,1-2H3,(H3,23,24,25);1H. The number of methoxy groups -OCH3 is 2. The van der Waals surface area contributed by atoms with Crippen molar-refractivity contribution in [3.05, 3.63) is 53.8 Å². The molecule has 1 fully saturated rings. The first-order chi connectivity index (χ1) is 14.1. The maximum atomic E-state index is 13.8. The summed E-state index contributed by atoms with van der Waals surface area (Å²) in [5, 5.41) is 3.06. The van der Waals surface area contributed by atoms with Gasteiger partial charge in [-0.1, -0.05) is 12.1 Å². The lowest BCUT2D eigenvalue weighted by Gasteiger charge is -2.34. The van der Waals surface area contributed by atoms with Crippen molar-refractivity contribution in [3.63, 3.8) is 0 Å². The van der Waals surface area contributed by atoms with Crippen LogP contribution in [0, 0.1) is 5.82 Å². The third-order valence-electron chi connectivity index (χ3n) is 4.81. The molecule has 0 aromatic heterocycles. The molecule has 0 saturated carbocycles. The number of hydrogen-bond donors (Lipinski definition) is 2. The second kappa shape index (κ2) is 11.9. The summed E-state index contributed by atoms with van der Waals surface area (Å²) < 4.78 is 29.8. The van der Waals surface area contributed by atoms with Crippen LogP contribution < -0.4 is 20.5 Å². The van der Waals surface area contributed by atoms with Gasteiger partial charge in [-0.05, 0) is 29.8 Å². The van der Waals surface area contributed by atoms with E-state index in [1.54, 1.807) is 38.5 Å². The maximum Gasteiger partial charge on any atom is 0.193 e. The van der Waals surface area contributed by atoms with Crippen molar-refractivity contribution in [3.8, 4) is 11.5 Å². The summed E-state index contributed by atoms with van der Waals surface area (Å²) in [6.07, 6.45) is 0. The molecule has 7 nitrogen and oxygen atoms in total. The number of nitrogens with one attached hydrogen (secondary N) is 1. The number of benzene rings is 2. The van der Waals surface area contributed by atoms with Crippen LogP contribution in [0.2, 0.25) is 0 Å². The quantitative estimate of drug-likeness (QED) is 0.325. The minimum absolute atomic E-state index is 0. The van der Waals surface area contributed by atoms with Crippen molar-refractivity contribution in [2.45, 2.75) is 6.04 Å². The lowest BCUT2D eigenvalue weighted by atomic mass is 10.0. The Hall–Kier alpha value is -2.11. The topological polar surface area (TPSA) is 81.3 Å². The van der Waals surface area contributed by atoms with Gasteiger partial charge in [-0.15, -0.1) is 24.0 Å². The van der Waals surface area contributed by atoms with Crippen molar-refractivity contribution in [2.24, 2.45) is 10.7 Å². The average molecular weight is 530 g/mol. The SMILES string of the molecule is COc1ccc(NC(N)=NCC(c2cccc(F)c2)N2CCOCC2)cc1OC.I. The van der Waals surface area contributed by atoms with Gasteiger partial charge < -0.3 is 25.3 Å². The first-order valence-corrected chi connectivity index (χ1v) is 9.47. The lowest BCUT2D eigenvalue weighted by molar-refractivity contribution is 0.0179. The number of rotatable bonds is 7. The first-order valence-electron chi connectivity index (χ1n) is 9.47. The molecule has 0 spiro atoms. The van der Waals surface area contributed by atoms with Crippen molar-refractivity contribution < 1.29 is 18.6 Å². The van der Waals surface area contributed by atoms with Crippen LogP contribution in [0.15, 0.2) is 47.5 Å². The smallest absolute Gasteiger partial charge is 0.193 e. The van der Waals surface area contributed by atoms with Crippen LogP contribution in [0.1, 0.15) is 11.6 Å². The highest BCUT2D eigenvalue weighted by molar-refractivity contribution is 14.0. The van der Waals surface area contributed by atoms with Gasteiger partial charge in [0.1, 0.15) is 5.82 Å². The molecule has 2 aromatic carbocycles. The van der Waals surface area contributed by atoms with Crippen LogP contribution in [0.25, 0.3) is 0 Å². The number of hydrogen-bond acceptors (Lipinski definition) is 5. The number of guanidine groups is 1. The molecule has 0 aliphatic carbocycles. The summed E-state index contributed by atoms with van der Waals surface area (Å²) in [7, 11) is 3.16. The molecule has 3 rings (SSSR count). The predicted molar refractivity (Wildman–Crippen MR) is 127 cm³/mol. The first kappa shape index (κ1) is 24.2. The van der Waals surface area contributed by atoms with Crippen LogP contribution >= 0.6 is 24.0 Å². The van der Waals surface area contributed by atoms with Crippen LogP contribution in [0.5, 0.6) is 11.5 Å². The van der Waals surface area contributed by atoms with Gasteiger partial charge in [0.05, 0.1) is 40.0 Å². The fourth-order valence-electron chi connectivity index (χ4n) is 3.32. The molecular formula is C21H28FIN4O3. The monoisotopic (exact) mass is 530 g/mol. The van der Waals surface area contributed by atoms with E-state index in [9.17, 15) is 4.39 Å². The number of nitrogens with zero attached hydrogens (tertiary/aromatic N) is 2. The van der Waals surface area contributed by atoms with E-state index in [4.69, 9.17) is 19.9 Å². The molecule has 30 heavy (non-hydrogen) atoms. The van der Waals surface area contributed by atoms with Crippen LogP contribution in [0.3, 0.4) is 0 Å². The number of anilines is 1. The van der Waals surface area contributed by atoms with Gasteiger partial charge in [0.2, 0.25) is 0 Å². The fourth-order valence-corrected chi connectivity index (χ4v) is 3.32. The zero-order valence-electron chi connectivity index (χ0n) is 17.1. The van der Waals surface area contributed by atoms with Crippen LogP contribution in [-0.2, 0) is 4.74 Å². The molecule has 0 amide bonds. The molecule has 3 N–H and O–H groups in total. The van der Waals surface area contributed by atoms with E-state index in [0.29, 0.717) is 31.3 Å². The Morgan fingerprint density at radius 3 is 2.57 bits per heavy atom. The highest BCUT2D eigenvalue weighted by Gasteiger charge is 2.23. The minimum atomic E-state index is -0.263. The third kappa shape index (κ3) is 6.44. The number of ether oxygens (including phenoxy) is 3. The summed E-state index contributed by atoms with van der Waals surface area (Å²) in [6.45, 7) is 3.22. The predicted octanol–water partition coefficient (Wildman–Crippen LogP) is 3.26. The van der Waals surface area contributed by atoms with Gasteiger partial charge >= 0.3 is 0 Å². The van der Waals surface area contributed by atoms with Crippen molar-refractivity contribution in [1.29, 1.82) is 0 Å². The molecule has 0 radical (unpaired) electrons. The van der Waals surface area contributed by atoms with E-state index in [1.165, 1.54) is 6.07 Å². The molecule has 1 aliphatic heterocycles. The second-order valence-electron chi connectivity index (χ2n) is 6.64. The van der Waals surface area contributed by atoms with Gasteiger partial charge in [-0.2, -0.15) is 0 Å². The molecule has 0 bridgehead atoms. The van der Waals surface area contributed by atoms with Crippen molar-refractivity contribution in [1.82, 2.24) is 4.90 Å². The Kier molecular flexibility index (Phi) is 9.60. The molecule has 2 aromatic rings. The number of nitrogens with two attached hydrogens (primary N) is 1. The van der Waals surface area contributed by atoms with Gasteiger partial charge in [-0.25, -0.2) is 4.39 Å². The Morgan fingerprint density at radius 2 is 1.90 bits per heavy atom. The number of halogens is 2. The third-order valence-corrected chi connectivity index (χ3v) is 4.81. The Bertz CT molecular complexity index is 847. The summed E-state index contributed by atoms with van der Waals surface area (Å²) in [5.74, 6) is 1.23. The van der Waals surface area contributed by atoms with E-state index >= 15 is 0 Å². The highest BCUT2D eigenvalue weighted by Crippen LogP contribution is 2.29. The van der Waals surface area contributed by atoms with E-state index in [-0.39, 0.29) is 41.8 Å². The average Bonchev–Trinajstić information content (AvgIpc) is 2.74. The maximum absolute atomic E-state index is 13.8. The zero-order chi connectivity index (χ0) is 20.6. The largest absolute Gasteiger partial charge is 0.493 e. The Labute approximate surface area is 193 Å². The molecule has 1 heterocycles. The van der Waals surface area contributed by atoms with Crippen molar-refractivity contribution in [2.75, 3.05) is 52.4 Å². The molecule has 164 valence electrons. The summed E-state index contributed by atoms with van der Waals surface area (Å²) >= 11 is 0.